The maximum Gasteiger partial charge on any atom is 0.0909 e. The number of hydrogen-bond acceptors (Lipinski definition) is 2. The summed E-state index contributed by atoms with van der Waals surface area (Å²) in [5, 5.41) is 11.4. The van der Waals surface area contributed by atoms with Gasteiger partial charge >= 0.3 is 0 Å². The van der Waals surface area contributed by atoms with Gasteiger partial charge in [-0.15, -0.1) is 0 Å². The molecule has 17 heavy (non-hydrogen) atoms. The van der Waals surface area contributed by atoms with Gasteiger partial charge in [0.2, 0.25) is 0 Å². The maximum absolute atomic E-state index is 10.2. The molecule has 0 heterocycles. The molecule has 0 aliphatic rings. The molecule has 0 aliphatic carbocycles. The standard InChI is InChI=1S/C13H18Cl2O2/c1-4-13(2,17-3)12(16)8-9-10(14)6-5-7-11(9)15/h5-7,12,16H,4,8H2,1-3H3. The fourth-order valence-corrected chi connectivity index (χ4v) is 2.20. The highest BCUT2D eigenvalue weighted by molar-refractivity contribution is 6.35. The van der Waals surface area contributed by atoms with Crippen molar-refractivity contribution < 1.29 is 9.84 Å². The molecular formula is C13H18Cl2O2. The number of aliphatic hydroxyl groups is 1. The summed E-state index contributed by atoms with van der Waals surface area (Å²) in [7, 11) is 1.60. The summed E-state index contributed by atoms with van der Waals surface area (Å²) in [6.45, 7) is 3.85. The smallest absolute Gasteiger partial charge is 0.0909 e. The highest BCUT2D eigenvalue weighted by atomic mass is 35.5. The van der Waals surface area contributed by atoms with Crippen LogP contribution < -0.4 is 0 Å². The molecular weight excluding hydrogens is 259 g/mol. The summed E-state index contributed by atoms with van der Waals surface area (Å²) in [5.41, 5.74) is 0.183. The highest BCUT2D eigenvalue weighted by Crippen LogP contribution is 2.29. The van der Waals surface area contributed by atoms with Gasteiger partial charge in [-0.05, 0) is 31.0 Å². The summed E-state index contributed by atoms with van der Waals surface area (Å²) >= 11 is 12.1. The number of aliphatic hydroxyl groups excluding tert-OH is 1. The van der Waals surface area contributed by atoms with Crippen molar-refractivity contribution in [1.82, 2.24) is 0 Å². The molecule has 0 spiro atoms. The lowest BCUT2D eigenvalue weighted by atomic mass is 9.91. The van der Waals surface area contributed by atoms with E-state index in [0.29, 0.717) is 22.9 Å². The molecule has 1 aromatic carbocycles. The van der Waals surface area contributed by atoms with Crippen molar-refractivity contribution in [3.8, 4) is 0 Å². The fourth-order valence-electron chi connectivity index (χ4n) is 1.65. The second-order valence-corrected chi connectivity index (χ2v) is 5.10. The van der Waals surface area contributed by atoms with Crippen molar-refractivity contribution in [1.29, 1.82) is 0 Å². The zero-order chi connectivity index (χ0) is 13.1. The van der Waals surface area contributed by atoms with Crippen molar-refractivity contribution in [2.75, 3.05) is 7.11 Å². The first-order valence-corrected chi connectivity index (χ1v) is 6.36. The Hall–Kier alpha value is -0.280. The third-order valence-corrected chi connectivity index (χ3v) is 4.04. The Labute approximate surface area is 113 Å². The largest absolute Gasteiger partial charge is 0.390 e. The van der Waals surface area contributed by atoms with Crippen molar-refractivity contribution in [3.05, 3.63) is 33.8 Å². The van der Waals surface area contributed by atoms with Crippen LogP contribution in [0.15, 0.2) is 18.2 Å². The van der Waals surface area contributed by atoms with Crippen LogP contribution in [0.25, 0.3) is 0 Å². The van der Waals surface area contributed by atoms with Gasteiger partial charge < -0.3 is 9.84 Å². The van der Waals surface area contributed by atoms with E-state index in [2.05, 4.69) is 0 Å². The van der Waals surface area contributed by atoms with Crippen molar-refractivity contribution in [3.63, 3.8) is 0 Å². The summed E-state index contributed by atoms with van der Waals surface area (Å²) in [6.07, 6.45) is 0.457. The van der Waals surface area contributed by atoms with Crippen molar-refractivity contribution >= 4 is 23.2 Å². The molecule has 0 saturated heterocycles. The molecule has 96 valence electrons. The minimum absolute atomic E-state index is 0.386. The number of benzene rings is 1. The lowest BCUT2D eigenvalue weighted by molar-refractivity contribution is -0.0914. The second-order valence-electron chi connectivity index (χ2n) is 4.29. The van der Waals surface area contributed by atoms with Crippen molar-refractivity contribution in [2.24, 2.45) is 0 Å². The molecule has 0 bridgehead atoms. The summed E-state index contributed by atoms with van der Waals surface area (Å²) in [4.78, 5) is 0. The van der Waals surface area contributed by atoms with Crippen LogP contribution in [0.5, 0.6) is 0 Å². The minimum Gasteiger partial charge on any atom is -0.390 e. The highest BCUT2D eigenvalue weighted by Gasteiger charge is 2.31. The van der Waals surface area contributed by atoms with Gasteiger partial charge in [0.25, 0.3) is 0 Å². The van der Waals surface area contributed by atoms with Gasteiger partial charge in [0, 0.05) is 23.6 Å². The first-order chi connectivity index (χ1) is 7.94. The number of halogens is 2. The molecule has 2 atom stereocenters. The van der Waals surface area contributed by atoms with E-state index in [1.807, 2.05) is 13.8 Å². The third kappa shape index (κ3) is 3.35. The average Bonchev–Trinajstić information content (AvgIpc) is 2.32. The first kappa shape index (κ1) is 14.8. The Bertz CT molecular complexity index is 355. The van der Waals surface area contributed by atoms with E-state index in [0.717, 1.165) is 5.56 Å². The van der Waals surface area contributed by atoms with Crippen LogP contribution in [0.1, 0.15) is 25.8 Å². The molecule has 2 unspecified atom stereocenters. The monoisotopic (exact) mass is 276 g/mol. The zero-order valence-corrected chi connectivity index (χ0v) is 11.8. The van der Waals surface area contributed by atoms with Crippen LogP contribution >= 0.6 is 23.2 Å². The molecule has 0 fully saturated rings. The summed E-state index contributed by atoms with van der Waals surface area (Å²) < 4.78 is 5.36. The van der Waals surface area contributed by atoms with Gasteiger partial charge in [-0.3, -0.25) is 0 Å². The van der Waals surface area contributed by atoms with Gasteiger partial charge in [-0.1, -0.05) is 36.2 Å². The Kier molecular flexibility index (Phi) is 5.26. The van der Waals surface area contributed by atoms with Gasteiger partial charge in [0.1, 0.15) is 0 Å². The number of hydrogen-bond donors (Lipinski definition) is 1. The molecule has 0 amide bonds. The predicted molar refractivity (Wildman–Crippen MR) is 71.9 cm³/mol. The Balaban J connectivity index is 2.91. The van der Waals surface area contributed by atoms with E-state index in [9.17, 15) is 5.11 Å². The first-order valence-electron chi connectivity index (χ1n) is 5.60. The van der Waals surface area contributed by atoms with Crippen LogP contribution in [0.3, 0.4) is 0 Å². The number of methoxy groups -OCH3 is 1. The number of ether oxygens (including phenoxy) is 1. The van der Waals surface area contributed by atoms with Crippen LogP contribution in [-0.2, 0) is 11.2 Å². The Morgan fingerprint density at radius 1 is 1.35 bits per heavy atom. The van der Waals surface area contributed by atoms with Crippen LogP contribution in [0.2, 0.25) is 10.0 Å². The van der Waals surface area contributed by atoms with Crippen molar-refractivity contribution in [2.45, 2.75) is 38.4 Å². The third-order valence-electron chi connectivity index (χ3n) is 3.33. The Morgan fingerprint density at radius 2 is 1.88 bits per heavy atom. The quantitative estimate of drug-likeness (QED) is 0.889. The Morgan fingerprint density at radius 3 is 2.29 bits per heavy atom. The fraction of sp³-hybridized carbons (Fsp3) is 0.538. The van der Waals surface area contributed by atoms with E-state index in [1.165, 1.54) is 0 Å². The topological polar surface area (TPSA) is 29.5 Å². The van der Waals surface area contributed by atoms with Crippen LogP contribution in [0.4, 0.5) is 0 Å². The summed E-state index contributed by atoms with van der Waals surface area (Å²) in [6, 6.07) is 5.33. The van der Waals surface area contributed by atoms with Crippen LogP contribution in [-0.4, -0.2) is 23.9 Å². The minimum atomic E-state index is -0.644. The summed E-state index contributed by atoms with van der Waals surface area (Å²) in [5.74, 6) is 0. The predicted octanol–water partition coefficient (Wildman–Crippen LogP) is 3.71. The van der Waals surface area contributed by atoms with Gasteiger partial charge in [0.15, 0.2) is 0 Å². The van der Waals surface area contributed by atoms with E-state index in [1.54, 1.807) is 25.3 Å². The van der Waals surface area contributed by atoms with E-state index >= 15 is 0 Å². The lowest BCUT2D eigenvalue weighted by Crippen LogP contribution is -2.42. The van der Waals surface area contributed by atoms with E-state index in [-0.39, 0.29) is 0 Å². The normalized spacial score (nSPS) is 16.6. The molecule has 4 heteroatoms. The molecule has 0 aliphatic heterocycles. The second kappa shape index (κ2) is 6.05. The molecule has 0 aromatic heterocycles. The van der Waals surface area contributed by atoms with Gasteiger partial charge in [0.05, 0.1) is 11.7 Å². The SMILES string of the molecule is CCC(C)(OC)C(O)Cc1c(Cl)cccc1Cl. The molecule has 2 nitrogen and oxygen atoms in total. The number of rotatable bonds is 5. The van der Waals surface area contributed by atoms with E-state index in [4.69, 9.17) is 27.9 Å². The van der Waals surface area contributed by atoms with Crippen LogP contribution in [0, 0.1) is 0 Å². The molecule has 1 rings (SSSR count). The maximum atomic E-state index is 10.2. The molecule has 1 aromatic rings. The molecule has 0 saturated carbocycles. The van der Waals surface area contributed by atoms with Gasteiger partial charge in [-0.2, -0.15) is 0 Å². The van der Waals surface area contributed by atoms with E-state index < -0.39 is 11.7 Å². The molecule has 0 radical (unpaired) electrons. The molecule has 1 N–H and O–H groups in total. The lowest BCUT2D eigenvalue weighted by Gasteiger charge is -2.32. The van der Waals surface area contributed by atoms with Gasteiger partial charge in [-0.25, -0.2) is 0 Å². The zero-order valence-electron chi connectivity index (χ0n) is 10.3. The average molecular weight is 277 g/mol.